The van der Waals surface area contributed by atoms with E-state index >= 15 is 0 Å². The minimum Gasteiger partial charge on any atom is -0.450 e. The van der Waals surface area contributed by atoms with Gasteiger partial charge in [0.25, 0.3) is 0 Å². The first-order valence-corrected chi connectivity index (χ1v) is 9.55. The number of carbonyl (C=O) groups is 2. The van der Waals surface area contributed by atoms with E-state index in [9.17, 15) is 9.59 Å². The number of piperazine rings is 1. The molecular weight excluding hydrogens is 334 g/mol. The molecule has 1 aromatic rings. The number of amides is 2. The third kappa shape index (κ3) is 4.97. The number of nitrogens with zero attached hydrogens (tertiary/aromatic N) is 5. The summed E-state index contributed by atoms with van der Waals surface area (Å²) in [5, 5.41) is 4.27. The zero-order valence-corrected chi connectivity index (χ0v) is 15.5. The quantitative estimate of drug-likeness (QED) is 0.777. The van der Waals surface area contributed by atoms with Crippen molar-refractivity contribution in [2.45, 2.75) is 26.3 Å². The van der Waals surface area contributed by atoms with Gasteiger partial charge in [-0.2, -0.15) is 5.10 Å². The van der Waals surface area contributed by atoms with Gasteiger partial charge in [0, 0.05) is 45.1 Å². The van der Waals surface area contributed by atoms with Crippen LogP contribution in [-0.4, -0.2) is 88.9 Å². The van der Waals surface area contributed by atoms with Gasteiger partial charge in [-0.15, -0.1) is 0 Å². The first-order chi connectivity index (χ1) is 12.7. The molecule has 0 atom stereocenters. The lowest BCUT2D eigenvalue weighted by atomic mass is 9.97. The highest BCUT2D eigenvalue weighted by molar-refractivity contribution is 5.78. The number of hydrogen-bond donors (Lipinski definition) is 0. The number of rotatable bonds is 5. The van der Waals surface area contributed by atoms with Crippen molar-refractivity contribution >= 4 is 12.0 Å². The van der Waals surface area contributed by atoms with Crippen LogP contribution in [0, 0.1) is 5.92 Å². The second-order valence-electron chi connectivity index (χ2n) is 7.01. The van der Waals surface area contributed by atoms with Crippen molar-refractivity contribution in [2.24, 2.45) is 5.92 Å². The molecule has 0 aliphatic carbocycles. The maximum Gasteiger partial charge on any atom is 0.409 e. The molecule has 2 aliphatic rings. The lowest BCUT2D eigenvalue weighted by molar-refractivity contribution is -0.134. The van der Waals surface area contributed by atoms with Crippen molar-refractivity contribution < 1.29 is 14.3 Å². The van der Waals surface area contributed by atoms with Crippen molar-refractivity contribution in [1.29, 1.82) is 0 Å². The van der Waals surface area contributed by atoms with Crippen LogP contribution in [0.3, 0.4) is 0 Å². The van der Waals surface area contributed by atoms with Crippen molar-refractivity contribution in [3.63, 3.8) is 0 Å². The molecule has 144 valence electrons. The molecule has 0 bridgehead atoms. The molecule has 3 rings (SSSR count). The predicted octanol–water partition coefficient (Wildman–Crippen LogP) is 0.896. The fourth-order valence-electron chi connectivity index (χ4n) is 3.64. The minimum absolute atomic E-state index is 0.166. The van der Waals surface area contributed by atoms with Gasteiger partial charge in [0.05, 0.1) is 13.2 Å². The Morgan fingerprint density at radius 2 is 1.77 bits per heavy atom. The summed E-state index contributed by atoms with van der Waals surface area (Å²) in [6.45, 7) is 7.83. The van der Waals surface area contributed by atoms with E-state index in [0.29, 0.717) is 45.2 Å². The summed E-state index contributed by atoms with van der Waals surface area (Å²) in [7, 11) is 0. The van der Waals surface area contributed by atoms with Crippen LogP contribution >= 0.6 is 0 Å². The molecule has 0 saturated carbocycles. The molecule has 2 fully saturated rings. The van der Waals surface area contributed by atoms with Gasteiger partial charge in [0.2, 0.25) is 5.91 Å². The number of aromatic nitrogens is 2. The standard InChI is InChI=1S/C18H29N5O3/c1-2-26-18(25)22-12-10-21(11-13-22)17(24)15-20-8-4-16(5-9-20)14-23-7-3-6-19-23/h3,6-7,16H,2,4-5,8-15H2,1H3. The van der Waals surface area contributed by atoms with Crippen LogP contribution in [0.25, 0.3) is 0 Å². The van der Waals surface area contributed by atoms with Crippen LogP contribution in [0.4, 0.5) is 4.79 Å². The lowest BCUT2D eigenvalue weighted by Crippen LogP contribution is -2.53. The van der Waals surface area contributed by atoms with Gasteiger partial charge >= 0.3 is 6.09 Å². The topological polar surface area (TPSA) is 70.9 Å². The average Bonchev–Trinajstić information content (AvgIpc) is 3.17. The van der Waals surface area contributed by atoms with Crippen LogP contribution < -0.4 is 0 Å². The molecule has 1 aromatic heterocycles. The second-order valence-corrected chi connectivity index (χ2v) is 7.01. The van der Waals surface area contributed by atoms with Crippen molar-refractivity contribution in [1.82, 2.24) is 24.5 Å². The molecular formula is C18H29N5O3. The molecule has 0 N–H and O–H groups in total. The maximum atomic E-state index is 12.5. The van der Waals surface area contributed by atoms with Gasteiger partial charge in [-0.05, 0) is 44.8 Å². The Labute approximate surface area is 154 Å². The van der Waals surface area contributed by atoms with Crippen LogP contribution in [0.2, 0.25) is 0 Å². The molecule has 2 aliphatic heterocycles. The van der Waals surface area contributed by atoms with Crippen molar-refractivity contribution in [2.75, 3.05) is 52.4 Å². The fourth-order valence-corrected chi connectivity index (χ4v) is 3.64. The summed E-state index contributed by atoms with van der Waals surface area (Å²) in [6, 6.07) is 1.95. The number of piperidine rings is 1. The summed E-state index contributed by atoms with van der Waals surface area (Å²) in [5.74, 6) is 0.799. The van der Waals surface area contributed by atoms with E-state index in [0.717, 1.165) is 32.5 Å². The Bertz CT molecular complexity index is 576. The Morgan fingerprint density at radius 1 is 1.08 bits per heavy atom. The molecule has 3 heterocycles. The van der Waals surface area contributed by atoms with Crippen LogP contribution in [-0.2, 0) is 16.1 Å². The lowest BCUT2D eigenvalue weighted by Gasteiger charge is -2.36. The molecule has 26 heavy (non-hydrogen) atoms. The summed E-state index contributed by atoms with van der Waals surface area (Å²) >= 11 is 0. The monoisotopic (exact) mass is 363 g/mol. The molecule has 2 saturated heterocycles. The molecule has 0 radical (unpaired) electrons. The summed E-state index contributed by atoms with van der Waals surface area (Å²) in [4.78, 5) is 30.1. The van der Waals surface area contributed by atoms with E-state index in [4.69, 9.17) is 4.74 Å². The minimum atomic E-state index is -0.279. The molecule has 0 spiro atoms. The third-order valence-electron chi connectivity index (χ3n) is 5.23. The van der Waals surface area contributed by atoms with Gasteiger partial charge in [-0.3, -0.25) is 14.4 Å². The Kier molecular flexibility index (Phi) is 6.49. The average molecular weight is 363 g/mol. The number of carbonyl (C=O) groups excluding carboxylic acids is 2. The van der Waals surface area contributed by atoms with E-state index < -0.39 is 0 Å². The largest absolute Gasteiger partial charge is 0.450 e. The second kappa shape index (κ2) is 9.02. The van der Waals surface area contributed by atoms with E-state index in [1.54, 1.807) is 11.8 Å². The summed E-state index contributed by atoms with van der Waals surface area (Å²) < 4.78 is 7.01. The Hall–Kier alpha value is -2.09. The number of ether oxygens (including phenoxy) is 1. The SMILES string of the molecule is CCOC(=O)N1CCN(C(=O)CN2CCC(Cn3cccn3)CC2)CC1. The predicted molar refractivity (Wildman–Crippen MR) is 96.6 cm³/mol. The van der Waals surface area contributed by atoms with E-state index in [2.05, 4.69) is 10.00 Å². The zero-order chi connectivity index (χ0) is 18.4. The maximum absolute atomic E-state index is 12.5. The Morgan fingerprint density at radius 3 is 2.38 bits per heavy atom. The van der Waals surface area contributed by atoms with Crippen molar-refractivity contribution in [3.05, 3.63) is 18.5 Å². The van der Waals surface area contributed by atoms with E-state index in [-0.39, 0.29) is 12.0 Å². The van der Waals surface area contributed by atoms with Crippen LogP contribution in [0.15, 0.2) is 18.5 Å². The highest BCUT2D eigenvalue weighted by Crippen LogP contribution is 2.19. The third-order valence-corrected chi connectivity index (χ3v) is 5.23. The normalized spacial score (nSPS) is 19.6. The molecule has 0 aromatic carbocycles. The van der Waals surface area contributed by atoms with Crippen LogP contribution in [0.1, 0.15) is 19.8 Å². The van der Waals surface area contributed by atoms with E-state index in [1.165, 1.54) is 0 Å². The van der Waals surface area contributed by atoms with Gasteiger partial charge < -0.3 is 14.5 Å². The molecule has 2 amide bonds. The number of likely N-dealkylation sites (tertiary alicyclic amines) is 1. The Balaban J connectivity index is 1.36. The number of hydrogen-bond acceptors (Lipinski definition) is 5. The van der Waals surface area contributed by atoms with Gasteiger partial charge in [-0.1, -0.05) is 0 Å². The fraction of sp³-hybridized carbons (Fsp3) is 0.722. The van der Waals surface area contributed by atoms with Crippen molar-refractivity contribution in [3.8, 4) is 0 Å². The molecule has 8 heteroatoms. The molecule has 8 nitrogen and oxygen atoms in total. The zero-order valence-electron chi connectivity index (χ0n) is 15.5. The van der Waals surface area contributed by atoms with Crippen LogP contribution in [0.5, 0.6) is 0 Å². The van der Waals surface area contributed by atoms with Gasteiger partial charge in [-0.25, -0.2) is 4.79 Å². The molecule has 0 unspecified atom stereocenters. The highest BCUT2D eigenvalue weighted by atomic mass is 16.6. The first-order valence-electron chi connectivity index (χ1n) is 9.55. The first kappa shape index (κ1) is 18.7. The highest BCUT2D eigenvalue weighted by Gasteiger charge is 2.27. The summed E-state index contributed by atoms with van der Waals surface area (Å²) in [5.41, 5.74) is 0. The van der Waals surface area contributed by atoms with Gasteiger partial charge in [0.1, 0.15) is 0 Å². The smallest absolute Gasteiger partial charge is 0.409 e. The summed E-state index contributed by atoms with van der Waals surface area (Å²) in [6.07, 6.45) is 5.74. The van der Waals surface area contributed by atoms with Gasteiger partial charge in [0.15, 0.2) is 0 Å². The van der Waals surface area contributed by atoms with E-state index in [1.807, 2.05) is 28.0 Å².